The highest BCUT2D eigenvalue weighted by atomic mass is 35.5. The topological polar surface area (TPSA) is 30.2 Å². The molecule has 1 heterocycles. The molecule has 0 bridgehead atoms. The summed E-state index contributed by atoms with van der Waals surface area (Å²) in [4.78, 5) is 11.9. The zero-order chi connectivity index (χ0) is 11.7. The lowest BCUT2D eigenvalue weighted by Crippen LogP contribution is -1.99. The first-order valence-corrected chi connectivity index (χ1v) is 5.43. The summed E-state index contributed by atoms with van der Waals surface area (Å²) in [5.74, 6) is 0.606. The number of para-hydroxylation sites is 1. The van der Waals surface area contributed by atoms with E-state index in [4.69, 9.17) is 4.42 Å². The van der Waals surface area contributed by atoms with Crippen molar-refractivity contribution in [1.82, 2.24) is 0 Å². The molecule has 0 saturated heterocycles. The molecule has 2 aromatic carbocycles. The molecule has 0 aliphatic heterocycles. The molecule has 0 aliphatic carbocycles. The molecule has 93 valence electrons. The summed E-state index contributed by atoms with van der Waals surface area (Å²) in [7, 11) is 0. The predicted octanol–water partition coefficient (Wildman–Crippen LogP) is 3.50. The Balaban J connectivity index is 0.000000902. The molecule has 1 aromatic heterocycles. The molecule has 0 N–H and O–H groups in total. The fraction of sp³-hybridized carbons (Fsp3) is 0. The van der Waals surface area contributed by atoms with E-state index >= 15 is 0 Å². The van der Waals surface area contributed by atoms with E-state index in [0.717, 1.165) is 5.56 Å². The van der Waals surface area contributed by atoms with E-state index in [0.29, 0.717) is 16.7 Å². The van der Waals surface area contributed by atoms with E-state index in [1.807, 2.05) is 48.5 Å². The number of rotatable bonds is 1. The average Bonchev–Trinajstić information content (AvgIpc) is 2.40. The van der Waals surface area contributed by atoms with Gasteiger partial charge in [-0.1, -0.05) is 42.5 Å². The number of benzene rings is 2. The predicted molar refractivity (Wildman–Crippen MR) is 80.9 cm³/mol. The van der Waals surface area contributed by atoms with Crippen molar-refractivity contribution < 1.29 is 4.42 Å². The largest absolute Gasteiger partial charge is 0.456 e. The van der Waals surface area contributed by atoms with Crippen LogP contribution >= 0.6 is 12.4 Å². The summed E-state index contributed by atoms with van der Waals surface area (Å²) >= 11 is 0. The van der Waals surface area contributed by atoms with Crippen molar-refractivity contribution in [1.29, 1.82) is 0 Å². The molecule has 19 heavy (non-hydrogen) atoms. The Labute approximate surface area is 127 Å². The van der Waals surface area contributed by atoms with Gasteiger partial charge in [-0.3, -0.25) is 4.79 Å². The molecule has 2 nitrogen and oxygen atoms in total. The Hall–Kier alpha value is -1.53. The normalized spacial score (nSPS) is 9.47. The van der Waals surface area contributed by atoms with Crippen molar-refractivity contribution in [3.63, 3.8) is 0 Å². The first-order chi connectivity index (χ1) is 8.34. The van der Waals surface area contributed by atoms with E-state index in [1.54, 1.807) is 6.07 Å². The molecule has 0 amide bonds. The van der Waals surface area contributed by atoms with Crippen LogP contribution in [0.1, 0.15) is 0 Å². The lowest BCUT2D eigenvalue weighted by Gasteiger charge is -2.02. The van der Waals surface area contributed by atoms with E-state index in [2.05, 4.69) is 0 Å². The third-order valence-electron chi connectivity index (χ3n) is 2.69. The van der Waals surface area contributed by atoms with Gasteiger partial charge in [0.15, 0.2) is 5.43 Å². The maximum Gasteiger partial charge on any atom is 0.193 e. The average molecular weight is 286 g/mol. The lowest BCUT2D eigenvalue weighted by atomic mass is 10.1. The highest BCUT2D eigenvalue weighted by molar-refractivity contribution is 5.85. The number of hydrogen-bond donors (Lipinski definition) is 0. The van der Waals surface area contributed by atoms with Gasteiger partial charge in [-0.15, -0.1) is 12.4 Å². The van der Waals surface area contributed by atoms with Crippen LogP contribution in [0.5, 0.6) is 0 Å². The van der Waals surface area contributed by atoms with Gasteiger partial charge in [0.05, 0.1) is 5.39 Å². The van der Waals surface area contributed by atoms with Crippen molar-refractivity contribution in [3.05, 3.63) is 70.9 Å². The molecule has 0 fully saturated rings. The summed E-state index contributed by atoms with van der Waals surface area (Å²) in [5, 5.41) is 0.618. The van der Waals surface area contributed by atoms with Crippen molar-refractivity contribution in [2.24, 2.45) is 0 Å². The van der Waals surface area contributed by atoms with E-state index in [9.17, 15) is 4.79 Å². The fourth-order valence-electron chi connectivity index (χ4n) is 1.85. The van der Waals surface area contributed by atoms with Crippen LogP contribution in [0, 0.1) is 0 Å². The Morgan fingerprint density at radius 3 is 2.21 bits per heavy atom. The molecular weight excluding hydrogens is 275 g/mol. The van der Waals surface area contributed by atoms with Crippen LogP contribution in [-0.2, 0) is 0 Å². The van der Waals surface area contributed by atoms with Crippen LogP contribution in [-0.4, -0.2) is 17.4 Å². The molecule has 3 aromatic rings. The third kappa shape index (κ3) is 3.08. The van der Waals surface area contributed by atoms with E-state index < -0.39 is 0 Å². The SMILES string of the molecule is Cl.O=c1cc(-c2ccccc2)oc2ccccc12.[Al]. The molecule has 0 atom stereocenters. The Bertz CT molecular complexity index is 723. The van der Waals surface area contributed by atoms with Crippen LogP contribution in [0.15, 0.2) is 69.9 Å². The van der Waals surface area contributed by atoms with E-state index in [-0.39, 0.29) is 35.2 Å². The molecule has 4 heteroatoms. The second-order valence-electron chi connectivity index (χ2n) is 3.84. The maximum atomic E-state index is 11.9. The van der Waals surface area contributed by atoms with Crippen LogP contribution in [0.3, 0.4) is 0 Å². The van der Waals surface area contributed by atoms with Crippen molar-refractivity contribution in [3.8, 4) is 11.3 Å². The molecule has 0 spiro atoms. The van der Waals surface area contributed by atoms with Gasteiger partial charge in [0.2, 0.25) is 0 Å². The highest BCUT2D eigenvalue weighted by Crippen LogP contribution is 2.21. The standard InChI is InChI=1S/C15H10O2.Al.ClH/c16-13-10-15(11-6-2-1-3-7-11)17-14-9-5-4-8-12(13)14;;/h1-10H;;1H. The third-order valence-corrected chi connectivity index (χ3v) is 2.69. The minimum absolute atomic E-state index is 0. The van der Waals surface area contributed by atoms with Crippen molar-refractivity contribution >= 4 is 40.7 Å². The first kappa shape index (κ1) is 15.5. The van der Waals surface area contributed by atoms with Gasteiger partial charge in [0.1, 0.15) is 11.3 Å². The second kappa shape index (κ2) is 6.58. The quantitative estimate of drug-likeness (QED) is 0.641. The van der Waals surface area contributed by atoms with Gasteiger partial charge >= 0.3 is 0 Å². The Kier molecular flexibility index (Phi) is 5.38. The smallest absolute Gasteiger partial charge is 0.193 e. The first-order valence-electron chi connectivity index (χ1n) is 5.43. The van der Waals surface area contributed by atoms with Gasteiger partial charge in [-0.2, -0.15) is 0 Å². The molecule has 0 unspecified atom stereocenters. The Morgan fingerprint density at radius 1 is 0.842 bits per heavy atom. The van der Waals surface area contributed by atoms with Crippen molar-refractivity contribution in [2.75, 3.05) is 0 Å². The molecular formula is C15H11AlClO2. The van der Waals surface area contributed by atoms with Gasteiger partial charge < -0.3 is 4.42 Å². The minimum atomic E-state index is -0.00861. The highest BCUT2D eigenvalue weighted by Gasteiger charge is 2.05. The van der Waals surface area contributed by atoms with Gasteiger partial charge in [-0.05, 0) is 12.1 Å². The minimum Gasteiger partial charge on any atom is -0.456 e. The van der Waals surface area contributed by atoms with Crippen LogP contribution in [0.2, 0.25) is 0 Å². The summed E-state index contributed by atoms with van der Waals surface area (Å²) < 4.78 is 5.73. The van der Waals surface area contributed by atoms with Gasteiger partial charge in [0, 0.05) is 29.0 Å². The van der Waals surface area contributed by atoms with Gasteiger partial charge in [-0.25, -0.2) is 0 Å². The maximum absolute atomic E-state index is 11.9. The number of fused-ring (bicyclic) bond motifs is 1. The molecule has 3 rings (SSSR count). The molecule has 0 aliphatic rings. The summed E-state index contributed by atoms with van der Waals surface area (Å²) in [5.41, 5.74) is 1.53. The number of hydrogen-bond acceptors (Lipinski definition) is 2. The lowest BCUT2D eigenvalue weighted by molar-refractivity contribution is 0.619. The van der Waals surface area contributed by atoms with Crippen LogP contribution < -0.4 is 5.43 Å². The molecule has 0 saturated carbocycles. The van der Waals surface area contributed by atoms with Gasteiger partial charge in [0.25, 0.3) is 0 Å². The summed E-state index contributed by atoms with van der Waals surface area (Å²) in [6.07, 6.45) is 0. The second-order valence-corrected chi connectivity index (χ2v) is 3.84. The zero-order valence-electron chi connectivity index (χ0n) is 10.1. The van der Waals surface area contributed by atoms with Crippen LogP contribution in [0.25, 0.3) is 22.3 Å². The summed E-state index contributed by atoms with van der Waals surface area (Å²) in [6, 6.07) is 18.4. The fourth-order valence-corrected chi connectivity index (χ4v) is 1.85. The van der Waals surface area contributed by atoms with E-state index in [1.165, 1.54) is 6.07 Å². The van der Waals surface area contributed by atoms with Crippen molar-refractivity contribution in [2.45, 2.75) is 0 Å². The van der Waals surface area contributed by atoms with Crippen LogP contribution in [0.4, 0.5) is 0 Å². The monoisotopic (exact) mass is 285 g/mol. The Morgan fingerprint density at radius 2 is 1.47 bits per heavy atom. The molecule has 3 radical (unpaired) electrons. The number of halogens is 1. The zero-order valence-corrected chi connectivity index (χ0v) is 12.0. The summed E-state index contributed by atoms with van der Waals surface area (Å²) in [6.45, 7) is 0.